The summed E-state index contributed by atoms with van der Waals surface area (Å²) in [6.45, 7) is 0. The van der Waals surface area contributed by atoms with Gasteiger partial charge in [0.1, 0.15) is 0 Å². The maximum absolute atomic E-state index is 9.80. The fraction of sp³-hybridized carbons (Fsp3) is 1.00. The Hall–Kier alpha value is -0.130. The molecule has 0 atom stereocenters. The highest BCUT2D eigenvalue weighted by atomic mass is 32.2. The molecule has 1 aliphatic rings. The Labute approximate surface area is 35.2 Å². The minimum Gasteiger partial charge on any atom is -0.196 e. The second-order valence-corrected chi connectivity index (χ2v) is 2.50. The van der Waals surface area contributed by atoms with Crippen LogP contribution in [0.15, 0.2) is 0 Å². The zero-order valence-corrected chi connectivity index (χ0v) is 3.66. The third-order valence-electron chi connectivity index (χ3n) is 0.422. The highest BCUT2D eigenvalue weighted by Gasteiger charge is 2.20. The van der Waals surface area contributed by atoms with E-state index in [1.165, 1.54) is 0 Å². The molecule has 0 bridgehead atoms. The third-order valence-corrected chi connectivity index (χ3v) is 1.26. The molecular weight excluding hydrogens is 106 g/mol. The van der Waals surface area contributed by atoms with E-state index in [1.807, 2.05) is 0 Å². The minimum absolute atomic E-state index is 0.0486. The highest BCUT2D eigenvalue weighted by Crippen LogP contribution is 1.95. The monoisotopic (exact) mass is 109 g/mol. The number of rotatable bonds is 0. The molecule has 1 fully saturated rings. The first kappa shape index (κ1) is 4.04. The summed E-state index contributed by atoms with van der Waals surface area (Å²) in [5, 5.41) is 0. The fourth-order valence-electron chi connectivity index (χ4n) is 0.155. The van der Waals surface area contributed by atoms with E-state index >= 15 is 0 Å². The first-order valence-corrected chi connectivity index (χ1v) is 2.92. The average Bonchev–Trinajstić information content (AvgIpc) is 1.32. The molecule has 0 aromatic heterocycles. The van der Waals surface area contributed by atoms with Crippen LogP contribution < -0.4 is 5.48 Å². The molecule has 5 heteroatoms. The molecule has 0 aliphatic carbocycles. The lowest BCUT2D eigenvalue weighted by Crippen LogP contribution is -2.38. The topological polar surface area (TPSA) is 55.4 Å². The summed E-state index contributed by atoms with van der Waals surface area (Å²) in [5.74, 6) is -0.0486. The van der Waals surface area contributed by atoms with Crippen molar-refractivity contribution in [3.05, 3.63) is 0 Å². The molecule has 1 N–H and O–H groups in total. The molecule has 1 heterocycles. The largest absolute Gasteiger partial charge is 0.298 e. The molecule has 36 valence electrons. The van der Waals surface area contributed by atoms with Gasteiger partial charge in [-0.2, -0.15) is 18.2 Å². The molecule has 0 radical (unpaired) electrons. The van der Waals surface area contributed by atoms with Gasteiger partial charge in [-0.3, -0.25) is 0 Å². The third kappa shape index (κ3) is 0.515. The molecule has 0 saturated carbocycles. The van der Waals surface area contributed by atoms with Gasteiger partial charge in [0.2, 0.25) is 0 Å². The van der Waals surface area contributed by atoms with Crippen LogP contribution in [0.1, 0.15) is 0 Å². The van der Waals surface area contributed by atoms with Crippen LogP contribution in [0.5, 0.6) is 0 Å². The van der Waals surface area contributed by atoms with Crippen molar-refractivity contribution < 1.29 is 12.7 Å². The van der Waals surface area contributed by atoms with Crippen molar-refractivity contribution in [1.82, 2.24) is 5.48 Å². The summed E-state index contributed by atoms with van der Waals surface area (Å²) < 4.78 is 23.4. The lowest BCUT2D eigenvalue weighted by atomic mass is 11.5. The summed E-state index contributed by atoms with van der Waals surface area (Å²) >= 11 is 0. The smallest absolute Gasteiger partial charge is 0.196 e. The van der Waals surface area contributed by atoms with E-state index in [2.05, 4.69) is 9.76 Å². The molecule has 0 aromatic carbocycles. The Morgan fingerprint density at radius 2 is 2.00 bits per heavy atom. The van der Waals surface area contributed by atoms with Crippen molar-refractivity contribution in [1.29, 1.82) is 0 Å². The molecule has 1 rings (SSSR count). The number of hydrogen-bond acceptors (Lipinski definition) is 4. The maximum Gasteiger partial charge on any atom is 0.298 e. The average molecular weight is 109 g/mol. The van der Waals surface area contributed by atoms with Gasteiger partial charge in [-0.15, -0.1) is 0 Å². The number of hydroxylamine groups is 1. The van der Waals surface area contributed by atoms with Crippen LogP contribution in [0.4, 0.5) is 0 Å². The van der Waals surface area contributed by atoms with Crippen LogP contribution in [-0.2, 0) is 14.4 Å². The zero-order valence-electron chi connectivity index (χ0n) is 2.84. The van der Waals surface area contributed by atoms with E-state index in [0.29, 0.717) is 0 Å². The Morgan fingerprint density at radius 1 is 1.67 bits per heavy atom. The first-order valence-electron chi connectivity index (χ1n) is 1.35. The van der Waals surface area contributed by atoms with E-state index in [4.69, 9.17) is 0 Å². The maximum atomic E-state index is 9.80. The summed E-state index contributed by atoms with van der Waals surface area (Å²) in [7, 11) is -3.09. The molecule has 1 saturated heterocycles. The van der Waals surface area contributed by atoms with E-state index in [9.17, 15) is 8.42 Å². The second kappa shape index (κ2) is 0.927. The quantitative estimate of drug-likeness (QED) is 0.425. The zero-order chi connectivity index (χ0) is 4.62. The molecule has 0 spiro atoms. The Morgan fingerprint density at radius 3 is 2.00 bits per heavy atom. The Bertz CT molecular complexity index is 125. The van der Waals surface area contributed by atoms with Crippen LogP contribution in [0.2, 0.25) is 0 Å². The molecule has 6 heavy (non-hydrogen) atoms. The van der Waals surface area contributed by atoms with Crippen LogP contribution in [-0.4, -0.2) is 14.3 Å². The van der Waals surface area contributed by atoms with Gasteiger partial charge in [0.05, 0.1) is 0 Å². The van der Waals surface area contributed by atoms with Crippen LogP contribution in [0.3, 0.4) is 0 Å². The van der Waals surface area contributed by atoms with Crippen molar-refractivity contribution in [2.45, 2.75) is 0 Å². The predicted octanol–water partition coefficient (Wildman–Crippen LogP) is -1.19. The second-order valence-electron chi connectivity index (χ2n) is 0.930. The molecule has 0 unspecified atom stereocenters. The number of nitrogens with one attached hydrogen (secondary N) is 1. The van der Waals surface area contributed by atoms with Gasteiger partial charge in [0, 0.05) is 0 Å². The van der Waals surface area contributed by atoms with E-state index < -0.39 is 10.1 Å². The van der Waals surface area contributed by atoms with Crippen LogP contribution in [0, 0.1) is 0 Å². The number of hydrogen-bond donors (Lipinski definition) is 1. The lowest BCUT2D eigenvalue weighted by molar-refractivity contribution is 0.167. The summed E-state index contributed by atoms with van der Waals surface area (Å²) in [6, 6.07) is 0. The highest BCUT2D eigenvalue weighted by molar-refractivity contribution is 7.87. The standard InChI is InChI=1S/CH3NO3S/c3-6(4)1-2-5-6/h2H,1H2. The minimum atomic E-state index is -3.09. The van der Waals surface area contributed by atoms with E-state index in [0.717, 1.165) is 0 Å². The van der Waals surface area contributed by atoms with Crippen molar-refractivity contribution in [3.63, 3.8) is 0 Å². The van der Waals surface area contributed by atoms with Gasteiger partial charge in [-0.1, -0.05) is 0 Å². The van der Waals surface area contributed by atoms with Crippen LogP contribution >= 0.6 is 0 Å². The van der Waals surface area contributed by atoms with Gasteiger partial charge < -0.3 is 0 Å². The van der Waals surface area contributed by atoms with Crippen LogP contribution in [0.25, 0.3) is 0 Å². The molecule has 0 amide bonds. The normalized spacial score (nSPS) is 28.7. The molecule has 4 nitrogen and oxygen atoms in total. The van der Waals surface area contributed by atoms with Gasteiger partial charge in [-0.05, 0) is 0 Å². The molecule has 0 aromatic rings. The summed E-state index contributed by atoms with van der Waals surface area (Å²) in [5.41, 5.74) is 2.11. The van der Waals surface area contributed by atoms with Crippen molar-refractivity contribution in [2.24, 2.45) is 0 Å². The predicted molar refractivity (Wildman–Crippen MR) is 18.0 cm³/mol. The Balaban J connectivity index is 2.78. The first-order chi connectivity index (χ1) is 2.71. The van der Waals surface area contributed by atoms with Crippen molar-refractivity contribution in [3.8, 4) is 0 Å². The SMILES string of the molecule is O=S1(=O)CNO1. The fourth-order valence-corrected chi connectivity index (χ4v) is 0.465. The summed E-state index contributed by atoms with van der Waals surface area (Å²) in [4.78, 5) is 0. The van der Waals surface area contributed by atoms with Gasteiger partial charge >= 0.3 is 0 Å². The molecule has 1 aliphatic heterocycles. The lowest BCUT2D eigenvalue weighted by Gasteiger charge is -2.11. The van der Waals surface area contributed by atoms with Gasteiger partial charge in [-0.25, -0.2) is 0 Å². The van der Waals surface area contributed by atoms with E-state index in [1.54, 1.807) is 0 Å². The van der Waals surface area contributed by atoms with Crippen molar-refractivity contribution in [2.75, 3.05) is 5.88 Å². The van der Waals surface area contributed by atoms with E-state index in [-0.39, 0.29) is 5.88 Å². The van der Waals surface area contributed by atoms with Gasteiger partial charge in [0.25, 0.3) is 10.1 Å². The Kier molecular flexibility index (Phi) is 0.624. The van der Waals surface area contributed by atoms with Crippen molar-refractivity contribution >= 4 is 10.1 Å². The molecular formula is CH3NO3S. The summed E-state index contributed by atoms with van der Waals surface area (Å²) in [6.07, 6.45) is 0. The van der Waals surface area contributed by atoms with Gasteiger partial charge in [0.15, 0.2) is 5.88 Å².